The van der Waals surface area contributed by atoms with Crippen molar-refractivity contribution in [3.8, 4) is 0 Å². The average Bonchev–Trinajstić information content (AvgIpc) is 2.75. The first-order valence-electron chi connectivity index (χ1n) is 10.8. The maximum atomic E-state index is 12.6. The summed E-state index contributed by atoms with van der Waals surface area (Å²) >= 11 is 0. The molecule has 3 amide bonds. The topological polar surface area (TPSA) is 177 Å². The minimum absolute atomic E-state index is 0.317. The van der Waals surface area contributed by atoms with Gasteiger partial charge in [0.25, 0.3) is 0 Å². The van der Waals surface area contributed by atoms with Crippen LogP contribution in [-0.4, -0.2) is 60.0 Å². The molecule has 0 radical (unpaired) electrons. The number of benzene rings is 1. The normalized spacial score (nSPS) is 13.7. The second-order valence-electron chi connectivity index (χ2n) is 7.99. The first kappa shape index (κ1) is 27.1. The summed E-state index contributed by atoms with van der Waals surface area (Å²) < 4.78 is 0. The van der Waals surface area contributed by atoms with Gasteiger partial charge in [-0.2, -0.15) is 0 Å². The van der Waals surface area contributed by atoms with Gasteiger partial charge in [0.15, 0.2) is 0 Å². The van der Waals surface area contributed by atoms with Crippen LogP contribution < -0.4 is 27.4 Å². The van der Waals surface area contributed by atoms with Crippen molar-refractivity contribution in [3.05, 3.63) is 35.9 Å². The Bertz CT molecular complexity index is 756. The molecular weight excluding hydrogens is 414 g/mol. The molecule has 8 N–H and O–H groups in total. The SMILES string of the molecule is CC(C)C(NC(=O)CNC(=O)C(CCCCN)NC(=O)C(N)Cc1ccccc1)C(=O)O. The van der Waals surface area contributed by atoms with E-state index in [4.69, 9.17) is 16.6 Å². The maximum Gasteiger partial charge on any atom is 0.326 e. The number of aliphatic carboxylic acids is 1. The molecule has 1 aromatic carbocycles. The molecule has 0 saturated heterocycles. The second-order valence-corrected chi connectivity index (χ2v) is 7.99. The van der Waals surface area contributed by atoms with Crippen molar-refractivity contribution in [2.45, 2.75) is 57.7 Å². The van der Waals surface area contributed by atoms with Crippen LogP contribution in [0.15, 0.2) is 30.3 Å². The average molecular weight is 450 g/mol. The van der Waals surface area contributed by atoms with E-state index in [1.165, 1.54) is 0 Å². The van der Waals surface area contributed by atoms with Crippen LogP contribution in [-0.2, 0) is 25.6 Å². The van der Waals surface area contributed by atoms with Gasteiger partial charge < -0.3 is 32.5 Å². The third-order valence-corrected chi connectivity index (χ3v) is 4.89. The van der Waals surface area contributed by atoms with Gasteiger partial charge in [0.2, 0.25) is 17.7 Å². The molecule has 0 aliphatic rings. The molecule has 10 nitrogen and oxygen atoms in total. The van der Waals surface area contributed by atoms with Crippen LogP contribution in [0.5, 0.6) is 0 Å². The Hall–Kier alpha value is -2.98. The zero-order chi connectivity index (χ0) is 24.1. The number of rotatable bonds is 14. The van der Waals surface area contributed by atoms with E-state index in [2.05, 4.69) is 16.0 Å². The van der Waals surface area contributed by atoms with Crippen molar-refractivity contribution in [1.82, 2.24) is 16.0 Å². The molecule has 0 aliphatic carbocycles. The molecule has 0 fully saturated rings. The lowest BCUT2D eigenvalue weighted by molar-refractivity contribution is -0.143. The van der Waals surface area contributed by atoms with Crippen LogP contribution in [0.2, 0.25) is 0 Å². The van der Waals surface area contributed by atoms with Crippen LogP contribution in [0.4, 0.5) is 0 Å². The molecule has 178 valence electrons. The van der Waals surface area contributed by atoms with E-state index in [0.29, 0.717) is 32.2 Å². The number of nitrogens with two attached hydrogens (primary N) is 2. The summed E-state index contributed by atoms with van der Waals surface area (Å²) in [6.07, 6.45) is 1.92. The predicted octanol–water partition coefficient (Wildman–Crippen LogP) is -0.488. The zero-order valence-electron chi connectivity index (χ0n) is 18.7. The molecule has 3 unspecified atom stereocenters. The molecule has 0 spiro atoms. The Morgan fingerprint density at radius 1 is 1.00 bits per heavy atom. The predicted molar refractivity (Wildman–Crippen MR) is 120 cm³/mol. The summed E-state index contributed by atoms with van der Waals surface area (Å²) in [5, 5.41) is 16.6. The molecule has 0 aromatic heterocycles. The molecule has 1 aromatic rings. The lowest BCUT2D eigenvalue weighted by Crippen LogP contribution is -2.54. The number of carboxylic acid groups (broad SMARTS) is 1. The van der Waals surface area contributed by atoms with Gasteiger partial charge >= 0.3 is 5.97 Å². The molecule has 10 heteroatoms. The number of unbranched alkanes of at least 4 members (excludes halogenated alkanes) is 1. The lowest BCUT2D eigenvalue weighted by Gasteiger charge is -2.21. The second kappa shape index (κ2) is 14.2. The van der Waals surface area contributed by atoms with Gasteiger partial charge in [-0.15, -0.1) is 0 Å². The fourth-order valence-electron chi connectivity index (χ4n) is 3.03. The first-order chi connectivity index (χ1) is 15.1. The minimum atomic E-state index is -1.15. The standard InChI is InChI=1S/C22H35N5O5/c1-14(2)19(22(31)32)27-18(28)13-25-21(30)17(10-6-7-11-23)26-20(29)16(24)12-15-8-4-3-5-9-15/h3-5,8-9,14,16-17,19H,6-7,10-13,23-24H2,1-2H3,(H,25,30)(H,26,29)(H,27,28)(H,31,32). The largest absolute Gasteiger partial charge is 0.480 e. The molecule has 0 saturated carbocycles. The van der Waals surface area contributed by atoms with Crippen molar-refractivity contribution < 1.29 is 24.3 Å². The van der Waals surface area contributed by atoms with E-state index in [1.54, 1.807) is 13.8 Å². The number of carboxylic acids is 1. The maximum absolute atomic E-state index is 12.6. The Morgan fingerprint density at radius 3 is 2.22 bits per heavy atom. The Kier molecular flexibility index (Phi) is 12.0. The first-order valence-corrected chi connectivity index (χ1v) is 10.8. The van der Waals surface area contributed by atoms with Crippen molar-refractivity contribution in [2.75, 3.05) is 13.1 Å². The molecule has 0 heterocycles. The zero-order valence-corrected chi connectivity index (χ0v) is 18.7. The van der Waals surface area contributed by atoms with Crippen molar-refractivity contribution >= 4 is 23.7 Å². The van der Waals surface area contributed by atoms with Gasteiger partial charge in [-0.3, -0.25) is 14.4 Å². The number of nitrogens with one attached hydrogen (secondary N) is 3. The molecule has 1 rings (SSSR count). The van der Waals surface area contributed by atoms with Crippen LogP contribution in [0, 0.1) is 5.92 Å². The van der Waals surface area contributed by atoms with E-state index in [0.717, 1.165) is 5.56 Å². The van der Waals surface area contributed by atoms with Crippen LogP contribution in [0.25, 0.3) is 0 Å². The fourth-order valence-corrected chi connectivity index (χ4v) is 3.03. The minimum Gasteiger partial charge on any atom is -0.480 e. The van der Waals surface area contributed by atoms with Gasteiger partial charge in [0.1, 0.15) is 12.1 Å². The molecule has 3 atom stereocenters. The Morgan fingerprint density at radius 2 is 1.66 bits per heavy atom. The molecule has 32 heavy (non-hydrogen) atoms. The highest BCUT2D eigenvalue weighted by Gasteiger charge is 2.26. The molecule has 0 aliphatic heterocycles. The summed E-state index contributed by atoms with van der Waals surface area (Å²) in [7, 11) is 0. The smallest absolute Gasteiger partial charge is 0.326 e. The highest BCUT2D eigenvalue weighted by molar-refractivity contribution is 5.92. The number of carbonyl (C=O) groups excluding carboxylic acids is 3. The van der Waals surface area contributed by atoms with Crippen molar-refractivity contribution in [3.63, 3.8) is 0 Å². The molecule has 0 bridgehead atoms. The fraction of sp³-hybridized carbons (Fsp3) is 0.545. The molecular formula is C22H35N5O5. The van der Waals surface area contributed by atoms with E-state index >= 15 is 0 Å². The number of hydrogen-bond acceptors (Lipinski definition) is 6. The summed E-state index contributed by atoms with van der Waals surface area (Å²) in [4.78, 5) is 48.4. The van der Waals surface area contributed by atoms with Crippen LogP contribution in [0.1, 0.15) is 38.7 Å². The highest BCUT2D eigenvalue weighted by atomic mass is 16.4. The third-order valence-electron chi connectivity index (χ3n) is 4.89. The van der Waals surface area contributed by atoms with E-state index in [-0.39, 0.29) is 5.92 Å². The highest BCUT2D eigenvalue weighted by Crippen LogP contribution is 2.05. The van der Waals surface area contributed by atoms with Gasteiger partial charge in [-0.1, -0.05) is 44.2 Å². The van der Waals surface area contributed by atoms with E-state index in [9.17, 15) is 19.2 Å². The van der Waals surface area contributed by atoms with Gasteiger partial charge in [0, 0.05) is 0 Å². The summed E-state index contributed by atoms with van der Waals surface area (Å²) in [6, 6.07) is 6.50. The quantitative estimate of drug-likeness (QED) is 0.208. The summed E-state index contributed by atoms with van der Waals surface area (Å²) in [6.45, 7) is 3.37. The Balaban J connectivity index is 2.67. The summed E-state index contributed by atoms with van der Waals surface area (Å²) in [5.41, 5.74) is 12.4. The van der Waals surface area contributed by atoms with Crippen LogP contribution in [0.3, 0.4) is 0 Å². The van der Waals surface area contributed by atoms with Crippen molar-refractivity contribution in [2.24, 2.45) is 17.4 Å². The number of amides is 3. The third kappa shape index (κ3) is 9.88. The monoisotopic (exact) mass is 449 g/mol. The van der Waals surface area contributed by atoms with E-state index in [1.807, 2.05) is 30.3 Å². The number of hydrogen-bond donors (Lipinski definition) is 6. The Labute approximate surface area is 188 Å². The lowest BCUT2D eigenvalue weighted by atomic mass is 10.0. The number of carbonyl (C=O) groups is 4. The summed E-state index contributed by atoms with van der Waals surface area (Å²) in [5.74, 6) is -3.13. The van der Waals surface area contributed by atoms with Gasteiger partial charge in [-0.25, -0.2) is 4.79 Å². The van der Waals surface area contributed by atoms with Crippen LogP contribution >= 0.6 is 0 Å². The van der Waals surface area contributed by atoms with Gasteiger partial charge in [-0.05, 0) is 43.7 Å². The van der Waals surface area contributed by atoms with E-state index < -0.39 is 48.4 Å². The van der Waals surface area contributed by atoms with Crippen molar-refractivity contribution in [1.29, 1.82) is 0 Å². The van der Waals surface area contributed by atoms with Gasteiger partial charge in [0.05, 0.1) is 12.6 Å².